The summed E-state index contributed by atoms with van der Waals surface area (Å²) >= 11 is 0. The van der Waals surface area contributed by atoms with Gasteiger partial charge in [-0.15, -0.1) is 0 Å². The molecule has 0 aliphatic carbocycles. The molecular weight excluding hydrogens is 170 g/mol. The zero-order chi connectivity index (χ0) is 9.68. The van der Waals surface area contributed by atoms with Crippen LogP contribution in [0, 0.1) is 0 Å². The van der Waals surface area contributed by atoms with Crippen LogP contribution in [0.4, 0.5) is 0 Å². The van der Waals surface area contributed by atoms with E-state index in [0.29, 0.717) is 24.9 Å². The second-order valence-electron chi connectivity index (χ2n) is 2.62. The van der Waals surface area contributed by atoms with Crippen molar-refractivity contribution < 1.29 is 14.7 Å². The molecule has 1 aromatic carbocycles. The molecule has 0 aromatic heterocycles. The molecule has 70 valence electrons. The monoisotopic (exact) mass is 181 g/mol. The summed E-state index contributed by atoms with van der Waals surface area (Å²) in [4.78, 5) is 15.0. The normalized spacial score (nSPS) is 9.92. The number of phenols is 1. The van der Waals surface area contributed by atoms with E-state index in [1.165, 1.54) is 12.1 Å². The smallest absolute Gasteiger partial charge is 0.150 e. The maximum atomic E-state index is 10.6. The molecule has 0 radical (unpaired) electrons. The predicted molar refractivity (Wildman–Crippen MR) is 47.3 cm³/mol. The molecule has 3 N–H and O–H groups in total. The Hall–Kier alpha value is -1.39. The number of phenolic OH excluding ortho intramolecular Hbond substituents is 1. The van der Waals surface area contributed by atoms with Crippen molar-refractivity contribution in [2.75, 3.05) is 6.61 Å². The van der Waals surface area contributed by atoms with E-state index in [2.05, 4.69) is 4.84 Å². The molecule has 0 aliphatic heterocycles. The Morgan fingerprint density at radius 3 is 2.92 bits per heavy atom. The van der Waals surface area contributed by atoms with Crippen LogP contribution in [0.2, 0.25) is 0 Å². The van der Waals surface area contributed by atoms with E-state index >= 15 is 0 Å². The molecule has 0 spiro atoms. The molecule has 4 heteroatoms. The van der Waals surface area contributed by atoms with Crippen molar-refractivity contribution in [3.8, 4) is 5.75 Å². The summed E-state index contributed by atoms with van der Waals surface area (Å²) in [5, 5.41) is 9.08. The van der Waals surface area contributed by atoms with Crippen LogP contribution in [0.1, 0.15) is 15.9 Å². The Balaban J connectivity index is 2.86. The molecule has 0 heterocycles. The van der Waals surface area contributed by atoms with Crippen molar-refractivity contribution in [2.45, 2.75) is 6.42 Å². The lowest BCUT2D eigenvalue weighted by Crippen LogP contribution is -2.05. The number of hydrogen-bond acceptors (Lipinski definition) is 4. The van der Waals surface area contributed by atoms with Crippen LogP contribution in [0.25, 0.3) is 0 Å². The Labute approximate surface area is 75.9 Å². The molecule has 4 nitrogen and oxygen atoms in total. The van der Waals surface area contributed by atoms with Gasteiger partial charge in [-0.05, 0) is 24.1 Å². The fourth-order valence-corrected chi connectivity index (χ4v) is 1.09. The number of carbonyl (C=O) groups is 1. The van der Waals surface area contributed by atoms with Gasteiger partial charge in [-0.2, -0.15) is 0 Å². The van der Waals surface area contributed by atoms with Gasteiger partial charge in [0.05, 0.1) is 6.61 Å². The topological polar surface area (TPSA) is 72.6 Å². The Kier molecular flexibility index (Phi) is 3.42. The van der Waals surface area contributed by atoms with Gasteiger partial charge in [-0.3, -0.25) is 4.79 Å². The Morgan fingerprint density at radius 2 is 2.31 bits per heavy atom. The van der Waals surface area contributed by atoms with Crippen LogP contribution in [-0.2, 0) is 11.3 Å². The summed E-state index contributed by atoms with van der Waals surface area (Å²) in [6.45, 7) is 0.353. The molecule has 0 bridgehead atoms. The first-order valence-corrected chi connectivity index (χ1v) is 3.86. The summed E-state index contributed by atoms with van der Waals surface area (Å²) < 4.78 is 0. The van der Waals surface area contributed by atoms with Crippen molar-refractivity contribution in [3.63, 3.8) is 0 Å². The summed E-state index contributed by atoms with van der Waals surface area (Å²) in [5.41, 5.74) is 1.29. The summed E-state index contributed by atoms with van der Waals surface area (Å²) in [6, 6.07) is 4.62. The highest BCUT2D eigenvalue weighted by Crippen LogP contribution is 2.15. The minimum atomic E-state index is 0.0829. The third kappa shape index (κ3) is 2.54. The van der Waals surface area contributed by atoms with E-state index < -0.39 is 0 Å². The summed E-state index contributed by atoms with van der Waals surface area (Å²) in [6.07, 6.45) is 1.26. The fourth-order valence-electron chi connectivity index (χ4n) is 1.09. The number of hydrogen-bond donors (Lipinski definition) is 2. The highest BCUT2D eigenvalue weighted by atomic mass is 16.6. The third-order valence-electron chi connectivity index (χ3n) is 1.75. The van der Waals surface area contributed by atoms with Gasteiger partial charge in [0.2, 0.25) is 0 Å². The van der Waals surface area contributed by atoms with Gasteiger partial charge in [0.1, 0.15) is 12.0 Å². The van der Waals surface area contributed by atoms with Crippen molar-refractivity contribution in [1.82, 2.24) is 0 Å². The number of aromatic hydroxyl groups is 1. The van der Waals surface area contributed by atoms with E-state index in [9.17, 15) is 4.79 Å². The first kappa shape index (κ1) is 9.70. The van der Waals surface area contributed by atoms with Gasteiger partial charge in [0, 0.05) is 5.56 Å². The Morgan fingerprint density at radius 1 is 1.54 bits per heavy atom. The lowest BCUT2D eigenvalue weighted by atomic mass is 10.1. The average Bonchev–Trinajstić information content (AvgIpc) is 2.16. The number of benzene rings is 1. The molecule has 0 saturated heterocycles. The third-order valence-corrected chi connectivity index (χ3v) is 1.75. The first-order chi connectivity index (χ1) is 6.27. The molecule has 0 saturated carbocycles. The lowest BCUT2D eigenvalue weighted by Gasteiger charge is -2.03. The van der Waals surface area contributed by atoms with Crippen LogP contribution in [0.15, 0.2) is 18.2 Å². The van der Waals surface area contributed by atoms with Crippen LogP contribution in [0.3, 0.4) is 0 Å². The van der Waals surface area contributed by atoms with Crippen molar-refractivity contribution in [2.24, 2.45) is 5.90 Å². The van der Waals surface area contributed by atoms with Crippen LogP contribution < -0.4 is 5.90 Å². The fraction of sp³-hybridized carbons (Fsp3) is 0.222. The quantitative estimate of drug-likeness (QED) is 0.528. The molecule has 0 amide bonds. The standard InChI is InChI=1S/C9H11NO3/c10-13-4-3-7-1-2-9(12)5-8(7)6-11/h1-2,5-6,12H,3-4,10H2. The molecule has 13 heavy (non-hydrogen) atoms. The predicted octanol–water partition coefficient (Wildman–Crippen LogP) is 0.637. The maximum absolute atomic E-state index is 10.6. The zero-order valence-corrected chi connectivity index (χ0v) is 7.06. The second-order valence-corrected chi connectivity index (χ2v) is 2.62. The van der Waals surface area contributed by atoms with E-state index in [-0.39, 0.29) is 5.75 Å². The average molecular weight is 181 g/mol. The highest BCUT2D eigenvalue weighted by molar-refractivity contribution is 5.78. The van der Waals surface area contributed by atoms with Gasteiger partial charge in [-0.25, -0.2) is 5.90 Å². The van der Waals surface area contributed by atoms with E-state index in [1.807, 2.05) is 0 Å². The molecule has 0 aliphatic rings. The summed E-state index contributed by atoms with van der Waals surface area (Å²) in [5.74, 6) is 4.94. The zero-order valence-electron chi connectivity index (χ0n) is 7.06. The summed E-state index contributed by atoms with van der Waals surface area (Å²) in [7, 11) is 0. The second kappa shape index (κ2) is 4.59. The number of rotatable bonds is 4. The molecule has 1 aromatic rings. The van der Waals surface area contributed by atoms with Crippen molar-refractivity contribution >= 4 is 6.29 Å². The molecule has 0 atom stereocenters. The SMILES string of the molecule is NOCCc1ccc(O)cc1C=O. The van der Waals surface area contributed by atoms with E-state index in [4.69, 9.17) is 11.0 Å². The van der Waals surface area contributed by atoms with Crippen LogP contribution in [0.5, 0.6) is 5.75 Å². The lowest BCUT2D eigenvalue weighted by molar-refractivity contribution is 0.112. The largest absolute Gasteiger partial charge is 0.508 e. The van der Waals surface area contributed by atoms with Gasteiger partial charge >= 0.3 is 0 Å². The van der Waals surface area contributed by atoms with Gasteiger partial charge in [0.15, 0.2) is 0 Å². The number of aldehydes is 1. The molecular formula is C9H11NO3. The molecule has 0 fully saturated rings. The van der Waals surface area contributed by atoms with Crippen molar-refractivity contribution in [3.05, 3.63) is 29.3 Å². The molecule has 1 rings (SSSR count). The number of nitrogens with two attached hydrogens (primary N) is 1. The van der Waals surface area contributed by atoms with Crippen LogP contribution in [-0.4, -0.2) is 18.0 Å². The van der Waals surface area contributed by atoms with E-state index in [1.54, 1.807) is 6.07 Å². The minimum Gasteiger partial charge on any atom is -0.508 e. The highest BCUT2D eigenvalue weighted by Gasteiger charge is 2.02. The molecule has 0 unspecified atom stereocenters. The van der Waals surface area contributed by atoms with Gasteiger partial charge in [0.25, 0.3) is 0 Å². The van der Waals surface area contributed by atoms with E-state index in [0.717, 1.165) is 5.56 Å². The van der Waals surface area contributed by atoms with Gasteiger partial charge in [-0.1, -0.05) is 6.07 Å². The van der Waals surface area contributed by atoms with Gasteiger partial charge < -0.3 is 9.94 Å². The Bertz CT molecular complexity index is 299. The van der Waals surface area contributed by atoms with Crippen molar-refractivity contribution in [1.29, 1.82) is 0 Å². The number of carbonyl (C=O) groups excluding carboxylic acids is 1. The van der Waals surface area contributed by atoms with Crippen LogP contribution >= 0.6 is 0 Å². The minimum absolute atomic E-state index is 0.0829. The maximum Gasteiger partial charge on any atom is 0.150 e. The first-order valence-electron chi connectivity index (χ1n) is 3.86.